The number of methoxy groups -OCH3 is 1. The van der Waals surface area contributed by atoms with Gasteiger partial charge >= 0.3 is 0 Å². The number of hydrogen-bond donors (Lipinski definition) is 4. The van der Waals surface area contributed by atoms with Crippen LogP contribution in [0.25, 0.3) is 0 Å². The molecule has 1 amide bonds. The summed E-state index contributed by atoms with van der Waals surface area (Å²) in [6.45, 7) is 4.27. The molecule has 1 saturated heterocycles. The van der Waals surface area contributed by atoms with Gasteiger partial charge in [-0.25, -0.2) is 9.37 Å². The predicted octanol–water partition coefficient (Wildman–Crippen LogP) is 4.90. The third kappa shape index (κ3) is 4.78. The van der Waals surface area contributed by atoms with Gasteiger partial charge < -0.3 is 25.8 Å². The number of carbonyl (C=O) groups excluding carboxylic acids is 1. The minimum Gasteiger partial charge on any atom is -0.508 e. The van der Waals surface area contributed by atoms with Gasteiger partial charge in [0.2, 0.25) is 0 Å². The van der Waals surface area contributed by atoms with E-state index in [-0.39, 0.29) is 29.0 Å². The SMILES string of the molecule is COC1CCCN(Cc2ccc3c(c2)NC(=O)c2c(Nc4cc(O)c(C)cc4F)ccnc2N3)C1. The highest BCUT2D eigenvalue weighted by Crippen LogP contribution is 2.36. The van der Waals surface area contributed by atoms with Gasteiger partial charge in [0.05, 0.1) is 28.9 Å². The Hall–Kier alpha value is -3.69. The molecule has 3 aromatic rings. The highest BCUT2D eigenvalue weighted by molar-refractivity contribution is 6.15. The number of benzene rings is 2. The highest BCUT2D eigenvalue weighted by Gasteiger charge is 2.25. The maximum atomic E-state index is 14.5. The summed E-state index contributed by atoms with van der Waals surface area (Å²) in [5.74, 6) is -0.584. The summed E-state index contributed by atoms with van der Waals surface area (Å²) in [5.41, 5.74) is 3.56. The third-order valence-electron chi connectivity index (χ3n) is 6.52. The van der Waals surface area contributed by atoms with Crippen molar-refractivity contribution >= 4 is 34.5 Å². The zero-order chi connectivity index (χ0) is 24.5. The molecule has 1 unspecified atom stereocenters. The van der Waals surface area contributed by atoms with Gasteiger partial charge in [0.25, 0.3) is 5.91 Å². The first-order chi connectivity index (χ1) is 16.9. The molecule has 8 nitrogen and oxygen atoms in total. The summed E-state index contributed by atoms with van der Waals surface area (Å²) in [6, 6.07) is 10.1. The minimum atomic E-state index is -0.533. The number of nitrogens with zero attached hydrogens (tertiary/aromatic N) is 2. The van der Waals surface area contributed by atoms with Crippen LogP contribution in [-0.4, -0.2) is 47.2 Å². The molecule has 0 bridgehead atoms. The van der Waals surface area contributed by atoms with Crippen LogP contribution in [0.1, 0.15) is 34.3 Å². The number of phenols is 1. The van der Waals surface area contributed by atoms with Crippen LogP contribution in [0.2, 0.25) is 0 Å². The maximum Gasteiger partial charge on any atom is 0.261 e. The lowest BCUT2D eigenvalue weighted by molar-refractivity contribution is 0.0285. The first-order valence-corrected chi connectivity index (χ1v) is 11.6. The van der Waals surface area contributed by atoms with E-state index < -0.39 is 5.82 Å². The van der Waals surface area contributed by atoms with E-state index >= 15 is 0 Å². The number of hydrogen-bond acceptors (Lipinski definition) is 7. The summed E-state index contributed by atoms with van der Waals surface area (Å²) in [7, 11) is 1.75. The van der Waals surface area contributed by atoms with Crippen LogP contribution in [0.15, 0.2) is 42.6 Å². The second kappa shape index (κ2) is 9.52. The van der Waals surface area contributed by atoms with Crippen LogP contribution in [0.5, 0.6) is 5.75 Å². The van der Waals surface area contributed by atoms with E-state index in [1.807, 2.05) is 18.2 Å². The van der Waals surface area contributed by atoms with Gasteiger partial charge in [-0.3, -0.25) is 9.69 Å². The number of amides is 1. The predicted molar refractivity (Wildman–Crippen MR) is 133 cm³/mol. The van der Waals surface area contributed by atoms with Crippen molar-refractivity contribution in [2.75, 3.05) is 36.1 Å². The van der Waals surface area contributed by atoms with Gasteiger partial charge in [-0.1, -0.05) is 6.07 Å². The number of likely N-dealkylation sites (tertiary alicyclic amines) is 1. The standard InChI is InChI=1S/C26H28FN5O3/c1-15-10-18(27)21(12-23(15)33)29-20-7-8-28-25-24(20)26(34)31-22-11-16(5-6-19(22)30-25)13-32-9-3-4-17(14-32)35-2/h5-8,10-12,17,33H,3-4,9,13-14H2,1-2H3,(H,31,34)(H2,28,29,30). The number of phenolic OH excluding ortho intramolecular Hbond substituents is 1. The maximum absolute atomic E-state index is 14.5. The third-order valence-corrected chi connectivity index (χ3v) is 6.52. The van der Waals surface area contributed by atoms with Gasteiger partial charge in [-0.05, 0) is 61.7 Å². The molecule has 0 aliphatic carbocycles. The summed E-state index contributed by atoms with van der Waals surface area (Å²) in [4.78, 5) is 20.0. The Kier molecular flexibility index (Phi) is 6.27. The average molecular weight is 478 g/mol. The number of anilines is 5. The fraction of sp³-hybridized carbons (Fsp3) is 0.308. The van der Waals surface area contributed by atoms with Gasteiger partial charge in [0, 0.05) is 32.5 Å². The molecule has 5 rings (SSSR count). The summed E-state index contributed by atoms with van der Waals surface area (Å²) >= 11 is 0. The Morgan fingerprint density at radius 1 is 1.20 bits per heavy atom. The molecule has 2 aromatic carbocycles. The van der Waals surface area contributed by atoms with Gasteiger partial charge in [-0.2, -0.15) is 0 Å². The molecule has 0 radical (unpaired) electrons. The largest absolute Gasteiger partial charge is 0.508 e. The van der Waals surface area contributed by atoms with E-state index in [0.29, 0.717) is 22.8 Å². The van der Waals surface area contributed by atoms with E-state index in [2.05, 4.69) is 25.8 Å². The Morgan fingerprint density at radius 3 is 2.89 bits per heavy atom. The lowest BCUT2D eigenvalue weighted by Crippen LogP contribution is -2.38. The quantitative estimate of drug-likeness (QED) is 0.415. The monoisotopic (exact) mass is 477 g/mol. The van der Waals surface area contributed by atoms with Crippen LogP contribution in [0.3, 0.4) is 0 Å². The smallest absolute Gasteiger partial charge is 0.261 e. The molecular formula is C26H28FN5O3. The van der Waals surface area contributed by atoms with Crippen molar-refractivity contribution < 1.29 is 19.0 Å². The number of carbonyl (C=O) groups is 1. The summed E-state index contributed by atoms with van der Waals surface area (Å²) in [6.07, 6.45) is 3.95. The van der Waals surface area contributed by atoms with E-state index in [1.54, 1.807) is 20.1 Å². The second-order valence-electron chi connectivity index (χ2n) is 9.02. The molecule has 2 aliphatic heterocycles. The number of halogens is 1. The zero-order valence-corrected chi connectivity index (χ0v) is 19.7. The normalized spacial score (nSPS) is 17.6. The van der Waals surface area contributed by atoms with Gasteiger partial charge in [-0.15, -0.1) is 0 Å². The molecule has 2 aliphatic rings. The molecule has 35 heavy (non-hydrogen) atoms. The highest BCUT2D eigenvalue weighted by atomic mass is 19.1. The fourth-order valence-corrected chi connectivity index (χ4v) is 4.61. The first kappa shape index (κ1) is 23.1. The van der Waals surface area contributed by atoms with E-state index in [1.165, 1.54) is 18.3 Å². The van der Waals surface area contributed by atoms with E-state index in [0.717, 1.165) is 43.7 Å². The lowest BCUT2D eigenvalue weighted by atomic mass is 10.1. The Balaban J connectivity index is 1.40. The van der Waals surface area contributed by atoms with Crippen molar-refractivity contribution in [3.63, 3.8) is 0 Å². The number of aryl methyl sites for hydroxylation is 1. The number of pyridine rings is 1. The molecule has 1 fully saturated rings. The molecular weight excluding hydrogens is 449 g/mol. The van der Waals surface area contributed by atoms with E-state index in [9.17, 15) is 14.3 Å². The fourth-order valence-electron chi connectivity index (χ4n) is 4.61. The van der Waals surface area contributed by atoms with Crippen LogP contribution in [-0.2, 0) is 11.3 Å². The number of aromatic nitrogens is 1. The lowest BCUT2D eigenvalue weighted by Gasteiger charge is -2.32. The van der Waals surface area contributed by atoms with Crippen LogP contribution in [0, 0.1) is 12.7 Å². The number of piperidine rings is 1. The van der Waals surface area contributed by atoms with Crippen LogP contribution >= 0.6 is 0 Å². The Morgan fingerprint density at radius 2 is 2.06 bits per heavy atom. The van der Waals surface area contributed by atoms with Crippen molar-refractivity contribution in [3.8, 4) is 5.75 Å². The number of nitrogens with one attached hydrogen (secondary N) is 3. The van der Waals surface area contributed by atoms with Crippen molar-refractivity contribution in [2.45, 2.75) is 32.4 Å². The van der Waals surface area contributed by atoms with Gasteiger partial charge in [0.1, 0.15) is 22.9 Å². The summed E-state index contributed by atoms with van der Waals surface area (Å²) in [5, 5.41) is 19.1. The van der Waals surface area contributed by atoms with E-state index in [4.69, 9.17) is 4.74 Å². The molecule has 182 valence electrons. The summed E-state index contributed by atoms with van der Waals surface area (Å²) < 4.78 is 20.0. The number of aromatic hydroxyl groups is 1. The molecule has 1 atom stereocenters. The molecule has 3 heterocycles. The van der Waals surface area contributed by atoms with Crippen molar-refractivity contribution in [3.05, 3.63) is 65.1 Å². The van der Waals surface area contributed by atoms with Gasteiger partial charge in [0.15, 0.2) is 0 Å². The van der Waals surface area contributed by atoms with Crippen LogP contribution in [0.4, 0.5) is 33.0 Å². The Bertz CT molecular complexity index is 1280. The Labute approximate surface area is 203 Å². The molecule has 9 heteroatoms. The minimum absolute atomic E-state index is 0.0397. The van der Waals surface area contributed by atoms with Crippen molar-refractivity contribution in [1.29, 1.82) is 0 Å². The number of rotatable bonds is 5. The second-order valence-corrected chi connectivity index (χ2v) is 9.02. The molecule has 1 aromatic heterocycles. The molecule has 0 saturated carbocycles. The first-order valence-electron chi connectivity index (χ1n) is 11.6. The zero-order valence-electron chi connectivity index (χ0n) is 19.7. The number of fused-ring (bicyclic) bond motifs is 2. The topological polar surface area (TPSA) is 98.8 Å². The number of ether oxygens (including phenoxy) is 1. The van der Waals surface area contributed by atoms with Crippen molar-refractivity contribution in [2.24, 2.45) is 0 Å². The molecule has 0 spiro atoms. The van der Waals surface area contributed by atoms with Crippen LogP contribution < -0.4 is 16.0 Å². The molecule has 4 N–H and O–H groups in total. The van der Waals surface area contributed by atoms with Crippen molar-refractivity contribution in [1.82, 2.24) is 9.88 Å². The average Bonchev–Trinajstić information content (AvgIpc) is 2.98.